The van der Waals surface area contributed by atoms with Gasteiger partial charge in [-0.2, -0.15) is 0 Å². The molecule has 0 amide bonds. The summed E-state index contributed by atoms with van der Waals surface area (Å²) in [4.78, 5) is 11.4. The Kier molecular flexibility index (Phi) is 4.96. The van der Waals surface area contributed by atoms with Crippen LogP contribution in [0.15, 0.2) is 6.07 Å². The van der Waals surface area contributed by atoms with Gasteiger partial charge in [-0.05, 0) is 25.7 Å². The molecule has 0 aliphatic carbocycles. The molecule has 0 spiro atoms. The summed E-state index contributed by atoms with van der Waals surface area (Å²) >= 11 is 0. The van der Waals surface area contributed by atoms with Crippen molar-refractivity contribution in [2.75, 3.05) is 30.4 Å². The highest BCUT2D eigenvalue weighted by Gasteiger charge is 2.23. The van der Waals surface area contributed by atoms with Crippen LogP contribution in [0.5, 0.6) is 0 Å². The Labute approximate surface area is 115 Å². The number of anilines is 2. The van der Waals surface area contributed by atoms with Crippen LogP contribution >= 0.6 is 0 Å². The van der Waals surface area contributed by atoms with E-state index in [9.17, 15) is 5.11 Å². The minimum absolute atomic E-state index is 0.242. The van der Waals surface area contributed by atoms with E-state index >= 15 is 0 Å². The Morgan fingerprint density at radius 3 is 2.95 bits per heavy atom. The second kappa shape index (κ2) is 6.70. The minimum atomic E-state index is 0.242. The van der Waals surface area contributed by atoms with Crippen molar-refractivity contribution in [3.05, 3.63) is 11.9 Å². The molecule has 1 aromatic rings. The Morgan fingerprint density at radius 2 is 2.26 bits per heavy atom. The fourth-order valence-corrected chi connectivity index (χ4v) is 2.67. The van der Waals surface area contributed by atoms with Crippen molar-refractivity contribution in [2.24, 2.45) is 0 Å². The average Bonchev–Trinajstić information content (AvgIpc) is 2.47. The summed E-state index contributed by atoms with van der Waals surface area (Å²) in [6, 6.07) is 2.41. The number of hydrogen-bond acceptors (Lipinski definition) is 5. The minimum Gasteiger partial charge on any atom is -0.396 e. The lowest BCUT2D eigenvalue weighted by Gasteiger charge is -2.36. The van der Waals surface area contributed by atoms with Gasteiger partial charge in [0.15, 0.2) is 0 Å². The molecule has 2 N–H and O–H groups in total. The summed E-state index contributed by atoms with van der Waals surface area (Å²) in [6.07, 6.45) is 5.23. The second-order valence-corrected chi connectivity index (χ2v) is 4.99. The number of nitrogens with zero attached hydrogens (tertiary/aromatic N) is 3. The zero-order valence-corrected chi connectivity index (χ0v) is 11.9. The zero-order chi connectivity index (χ0) is 13.7. The monoisotopic (exact) mass is 264 g/mol. The molecule has 106 valence electrons. The van der Waals surface area contributed by atoms with Crippen LogP contribution in [-0.2, 0) is 6.42 Å². The topological polar surface area (TPSA) is 61.3 Å². The van der Waals surface area contributed by atoms with E-state index in [0.29, 0.717) is 6.04 Å². The molecule has 1 aliphatic heterocycles. The largest absolute Gasteiger partial charge is 0.396 e. The number of aromatic nitrogens is 2. The average molecular weight is 264 g/mol. The first kappa shape index (κ1) is 14.1. The van der Waals surface area contributed by atoms with Crippen molar-refractivity contribution >= 4 is 11.6 Å². The Bertz CT molecular complexity index is 386. The number of aliphatic hydroxyl groups excluding tert-OH is 1. The van der Waals surface area contributed by atoms with E-state index < -0.39 is 0 Å². The van der Waals surface area contributed by atoms with Crippen LogP contribution in [0, 0.1) is 0 Å². The Hall–Kier alpha value is -1.36. The molecule has 2 rings (SSSR count). The lowest BCUT2D eigenvalue weighted by Crippen LogP contribution is -2.40. The molecule has 0 bridgehead atoms. The van der Waals surface area contributed by atoms with Crippen molar-refractivity contribution in [1.29, 1.82) is 0 Å². The SMILES string of the molecule is CCc1nc(NC)cc(N2CCCCC2CCO)n1. The normalized spacial score (nSPS) is 19.5. The van der Waals surface area contributed by atoms with Gasteiger partial charge in [-0.3, -0.25) is 0 Å². The highest BCUT2D eigenvalue weighted by molar-refractivity contribution is 5.50. The van der Waals surface area contributed by atoms with Crippen molar-refractivity contribution in [1.82, 2.24) is 9.97 Å². The molecule has 19 heavy (non-hydrogen) atoms. The van der Waals surface area contributed by atoms with E-state index in [-0.39, 0.29) is 6.61 Å². The van der Waals surface area contributed by atoms with Gasteiger partial charge in [0.05, 0.1) is 0 Å². The van der Waals surface area contributed by atoms with E-state index in [1.165, 1.54) is 12.8 Å². The maximum atomic E-state index is 9.21. The van der Waals surface area contributed by atoms with Gasteiger partial charge >= 0.3 is 0 Å². The highest BCUT2D eigenvalue weighted by Crippen LogP contribution is 2.26. The molecular weight excluding hydrogens is 240 g/mol. The maximum absolute atomic E-state index is 9.21. The Morgan fingerprint density at radius 1 is 1.42 bits per heavy atom. The van der Waals surface area contributed by atoms with Crippen molar-refractivity contribution in [3.63, 3.8) is 0 Å². The van der Waals surface area contributed by atoms with Crippen molar-refractivity contribution < 1.29 is 5.11 Å². The van der Waals surface area contributed by atoms with E-state index in [4.69, 9.17) is 0 Å². The third-order valence-electron chi connectivity index (χ3n) is 3.72. The first-order valence-electron chi connectivity index (χ1n) is 7.21. The van der Waals surface area contributed by atoms with E-state index in [2.05, 4.69) is 27.1 Å². The molecule has 0 aromatic carbocycles. The summed E-state index contributed by atoms with van der Waals surface area (Å²) in [6.45, 7) is 3.33. The molecule has 1 aliphatic rings. The summed E-state index contributed by atoms with van der Waals surface area (Å²) in [5.74, 6) is 2.74. The summed E-state index contributed by atoms with van der Waals surface area (Å²) < 4.78 is 0. The molecule has 5 nitrogen and oxygen atoms in total. The molecule has 1 atom stereocenters. The highest BCUT2D eigenvalue weighted by atomic mass is 16.3. The predicted molar refractivity (Wildman–Crippen MR) is 77.6 cm³/mol. The van der Waals surface area contributed by atoms with Crippen LogP contribution in [0.4, 0.5) is 11.6 Å². The van der Waals surface area contributed by atoms with Crippen LogP contribution in [0.3, 0.4) is 0 Å². The third-order valence-corrected chi connectivity index (χ3v) is 3.72. The molecule has 0 saturated carbocycles. The van der Waals surface area contributed by atoms with Gasteiger partial charge in [-0.15, -0.1) is 0 Å². The fraction of sp³-hybridized carbons (Fsp3) is 0.714. The van der Waals surface area contributed by atoms with Crippen molar-refractivity contribution in [3.8, 4) is 0 Å². The first-order chi connectivity index (χ1) is 9.28. The number of nitrogens with one attached hydrogen (secondary N) is 1. The first-order valence-corrected chi connectivity index (χ1v) is 7.21. The van der Waals surface area contributed by atoms with Crippen LogP contribution in [0.2, 0.25) is 0 Å². The molecule has 1 unspecified atom stereocenters. The van der Waals surface area contributed by atoms with Crippen LogP contribution in [0.1, 0.15) is 38.4 Å². The molecule has 1 saturated heterocycles. The standard InChI is InChI=1S/C14H24N4O/c1-3-12-16-13(15-2)10-14(17-12)18-8-5-4-6-11(18)7-9-19/h10-11,19H,3-9H2,1-2H3,(H,15,16,17). The summed E-state index contributed by atoms with van der Waals surface area (Å²) in [7, 11) is 1.88. The van der Waals surface area contributed by atoms with Crippen LogP contribution in [0.25, 0.3) is 0 Å². The smallest absolute Gasteiger partial charge is 0.134 e. The lowest BCUT2D eigenvalue weighted by atomic mass is 9.99. The third kappa shape index (κ3) is 3.35. The number of aliphatic hydroxyl groups is 1. The zero-order valence-electron chi connectivity index (χ0n) is 11.9. The number of aryl methyl sites for hydroxylation is 1. The van der Waals surface area contributed by atoms with E-state index in [1.54, 1.807) is 0 Å². The van der Waals surface area contributed by atoms with Gasteiger partial charge in [0.1, 0.15) is 17.5 Å². The maximum Gasteiger partial charge on any atom is 0.134 e. The lowest BCUT2D eigenvalue weighted by molar-refractivity contribution is 0.262. The molecule has 2 heterocycles. The van der Waals surface area contributed by atoms with Crippen LogP contribution in [-0.4, -0.2) is 41.3 Å². The van der Waals surface area contributed by atoms with Crippen LogP contribution < -0.4 is 10.2 Å². The fourth-order valence-electron chi connectivity index (χ4n) is 2.67. The Balaban J connectivity index is 2.26. The second-order valence-electron chi connectivity index (χ2n) is 4.99. The number of piperidine rings is 1. The van der Waals surface area contributed by atoms with Gasteiger partial charge in [-0.1, -0.05) is 6.92 Å². The number of rotatable bonds is 5. The summed E-state index contributed by atoms with van der Waals surface area (Å²) in [5, 5.41) is 12.3. The van der Waals surface area contributed by atoms with Gasteiger partial charge in [0, 0.05) is 38.7 Å². The quantitative estimate of drug-likeness (QED) is 0.849. The van der Waals surface area contributed by atoms with Gasteiger partial charge < -0.3 is 15.3 Å². The molecular formula is C14H24N4O. The summed E-state index contributed by atoms with van der Waals surface area (Å²) in [5.41, 5.74) is 0. The van der Waals surface area contributed by atoms with Gasteiger partial charge in [-0.25, -0.2) is 9.97 Å². The van der Waals surface area contributed by atoms with Gasteiger partial charge in [0.2, 0.25) is 0 Å². The molecule has 0 radical (unpaired) electrons. The van der Waals surface area contributed by atoms with E-state index in [0.717, 1.165) is 43.3 Å². The molecule has 5 heteroatoms. The molecule has 1 aromatic heterocycles. The van der Waals surface area contributed by atoms with E-state index in [1.807, 2.05) is 13.1 Å². The van der Waals surface area contributed by atoms with Crippen molar-refractivity contribution in [2.45, 2.75) is 45.1 Å². The molecule has 1 fully saturated rings. The van der Waals surface area contributed by atoms with Gasteiger partial charge in [0.25, 0.3) is 0 Å². The number of hydrogen-bond donors (Lipinski definition) is 2. The predicted octanol–water partition coefficient (Wildman–Crippen LogP) is 1.82.